The molecule has 1 N–H and O–H groups in total. The van der Waals surface area contributed by atoms with E-state index in [9.17, 15) is 4.79 Å². The van der Waals surface area contributed by atoms with Gasteiger partial charge < -0.3 is 5.32 Å². The van der Waals surface area contributed by atoms with Crippen LogP contribution in [0.1, 0.15) is 49.5 Å². The average Bonchev–Trinajstić information content (AvgIpc) is 2.39. The van der Waals surface area contributed by atoms with Gasteiger partial charge in [0.2, 0.25) is 0 Å². The number of nitrogens with one attached hydrogen (secondary N) is 1. The van der Waals surface area contributed by atoms with Gasteiger partial charge in [-0.15, -0.1) is 11.6 Å². The van der Waals surface area contributed by atoms with Gasteiger partial charge in [0.1, 0.15) is 0 Å². The summed E-state index contributed by atoms with van der Waals surface area (Å²) in [5.74, 6) is 0.534. The Morgan fingerprint density at radius 2 is 1.89 bits per heavy atom. The second-order valence-electron chi connectivity index (χ2n) is 4.86. The van der Waals surface area contributed by atoms with Crippen LogP contribution in [0.25, 0.3) is 0 Å². The molecule has 1 unspecified atom stereocenters. The summed E-state index contributed by atoms with van der Waals surface area (Å²) in [4.78, 5) is 12.1. The standard InChI is InChI=1S/C15H22ClNO/c1-4-12-6-8-13(9-7-12)14(18)17-15(3,5-2)10-11-16/h6-9H,4-5,10-11H2,1-3H3,(H,17,18). The van der Waals surface area contributed by atoms with Gasteiger partial charge >= 0.3 is 0 Å². The second kappa shape index (κ2) is 6.79. The fourth-order valence-electron chi connectivity index (χ4n) is 1.77. The molecular weight excluding hydrogens is 246 g/mol. The molecule has 0 fully saturated rings. The third kappa shape index (κ3) is 4.02. The first-order chi connectivity index (χ1) is 8.54. The Kier molecular flexibility index (Phi) is 5.67. The maximum atomic E-state index is 12.1. The summed E-state index contributed by atoms with van der Waals surface area (Å²) >= 11 is 5.78. The molecule has 0 saturated heterocycles. The number of rotatable bonds is 6. The zero-order valence-electron chi connectivity index (χ0n) is 11.4. The number of halogens is 1. The van der Waals surface area contributed by atoms with Crippen LogP contribution in [0.3, 0.4) is 0 Å². The Labute approximate surface area is 115 Å². The number of hydrogen-bond donors (Lipinski definition) is 1. The van der Waals surface area contributed by atoms with Gasteiger partial charge in [-0.1, -0.05) is 26.0 Å². The molecule has 1 atom stereocenters. The van der Waals surface area contributed by atoms with Gasteiger partial charge in [0, 0.05) is 17.0 Å². The molecule has 100 valence electrons. The van der Waals surface area contributed by atoms with Crippen LogP contribution in [-0.2, 0) is 6.42 Å². The van der Waals surface area contributed by atoms with E-state index in [1.807, 2.05) is 31.2 Å². The van der Waals surface area contributed by atoms with E-state index in [0.29, 0.717) is 11.4 Å². The highest BCUT2D eigenvalue weighted by Crippen LogP contribution is 2.16. The van der Waals surface area contributed by atoms with E-state index in [1.165, 1.54) is 5.56 Å². The van der Waals surface area contributed by atoms with Gasteiger partial charge in [-0.25, -0.2) is 0 Å². The van der Waals surface area contributed by atoms with Crippen LogP contribution in [0, 0.1) is 0 Å². The lowest BCUT2D eigenvalue weighted by Gasteiger charge is -2.29. The fraction of sp³-hybridized carbons (Fsp3) is 0.533. The first-order valence-corrected chi connectivity index (χ1v) is 7.05. The molecule has 0 radical (unpaired) electrons. The number of carbonyl (C=O) groups excluding carboxylic acids is 1. The third-order valence-electron chi connectivity index (χ3n) is 3.47. The molecule has 1 rings (SSSR count). The second-order valence-corrected chi connectivity index (χ2v) is 5.24. The minimum absolute atomic E-state index is 0.0212. The van der Waals surface area contributed by atoms with Crippen molar-refractivity contribution in [2.24, 2.45) is 0 Å². The van der Waals surface area contributed by atoms with Crippen molar-refractivity contribution in [1.29, 1.82) is 0 Å². The zero-order chi connectivity index (χ0) is 13.6. The fourth-order valence-corrected chi connectivity index (χ4v) is 2.19. The summed E-state index contributed by atoms with van der Waals surface area (Å²) in [5, 5.41) is 3.07. The highest BCUT2D eigenvalue weighted by molar-refractivity contribution is 6.17. The molecule has 0 bridgehead atoms. The molecule has 0 spiro atoms. The molecule has 0 aromatic heterocycles. The van der Waals surface area contributed by atoms with Crippen molar-refractivity contribution in [3.05, 3.63) is 35.4 Å². The first-order valence-electron chi connectivity index (χ1n) is 6.52. The van der Waals surface area contributed by atoms with E-state index in [0.717, 1.165) is 19.3 Å². The summed E-state index contributed by atoms with van der Waals surface area (Å²) in [6.45, 7) is 6.20. The SMILES string of the molecule is CCc1ccc(C(=O)NC(C)(CC)CCCl)cc1. The van der Waals surface area contributed by atoms with Gasteiger partial charge in [-0.3, -0.25) is 4.79 Å². The highest BCUT2D eigenvalue weighted by Gasteiger charge is 2.23. The zero-order valence-corrected chi connectivity index (χ0v) is 12.2. The number of hydrogen-bond acceptors (Lipinski definition) is 1. The van der Waals surface area contributed by atoms with Gasteiger partial charge in [0.05, 0.1) is 0 Å². The molecule has 1 aromatic rings. The van der Waals surface area contributed by atoms with Crippen LogP contribution in [0.4, 0.5) is 0 Å². The molecule has 0 aliphatic carbocycles. The number of carbonyl (C=O) groups is 1. The molecule has 0 saturated carbocycles. The van der Waals surface area contributed by atoms with Crippen LogP contribution < -0.4 is 5.32 Å². The minimum atomic E-state index is -0.220. The van der Waals surface area contributed by atoms with Gasteiger partial charge in [-0.05, 0) is 43.9 Å². The topological polar surface area (TPSA) is 29.1 Å². The minimum Gasteiger partial charge on any atom is -0.347 e. The number of amides is 1. The molecule has 2 nitrogen and oxygen atoms in total. The molecule has 1 amide bonds. The summed E-state index contributed by atoms with van der Waals surface area (Å²) in [6, 6.07) is 7.76. The van der Waals surface area contributed by atoms with Crippen LogP contribution in [0.2, 0.25) is 0 Å². The predicted molar refractivity (Wildman–Crippen MR) is 77.3 cm³/mol. The van der Waals surface area contributed by atoms with Gasteiger partial charge in [0.15, 0.2) is 0 Å². The lowest BCUT2D eigenvalue weighted by molar-refractivity contribution is 0.0901. The van der Waals surface area contributed by atoms with Crippen LogP contribution >= 0.6 is 11.6 Å². The molecule has 0 aliphatic rings. The molecule has 0 aliphatic heterocycles. The van der Waals surface area contributed by atoms with Crippen LogP contribution in [0.5, 0.6) is 0 Å². The quantitative estimate of drug-likeness (QED) is 0.781. The van der Waals surface area contributed by atoms with Crippen molar-refractivity contribution in [1.82, 2.24) is 5.32 Å². The smallest absolute Gasteiger partial charge is 0.251 e. The monoisotopic (exact) mass is 267 g/mol. The van der Waals surface area contributed by atoms with Crippen LogP contribution in [0.15, 0.2) is 24.3 Å². The lowest BCUT2D eigenvalue weighted by Crippen LogP contribution is -2.45. The van der Waals surface area contributed by atoms with Gasteiger partial charge in [0.25, 0.3) is 5.91 Å². The first kappa shape index (κ1) is 15.0. The lowest BCUT2D eigenvalue weighted by atomic mass is 9.95. The largest absolute Gasteiger partial charge is 0.347 e. The Bertz CT molecular complexity index is 388. The van der Waals surface area contributed by atoms with Crippen molar-refractivity contribution in [2.75, 3.05) is 5.88 Å². The number of aryl methyl sites for hydroxylation is 1. The van der Waals surface area contributed by atoms with Crippen molar-refractivity contribution in [2.45, 2.75) is 45.6 Å². The summed E-state index contributed by atoms with van der Waals surface area (Å²) < 4.78 is 0. The summed E-state index contributed by atoms with van der Waals surface area (Å²) in [7, 11) is 0. The van der Waals surface area contributed by atoms with E-state index in [-0.39, 0.29) is 11.4 Å². The number of benzene rings is 1. The molecule has 0 heterocycles. The Hall–Kier alpha value is -1.02. The Morgan fingerprint density at radius 3 is 2.33 bits per heavy atom. The van der Waals surface area contributed by atoms with E-state index in [1.54, 1.807) is 0 Å². The summed E-state index contributed by atoms with van der Waals surface area (Å²) in [6.07, 6.45) is 2.64. The van der Waals surface area contributed by atoms with Crippen molar-refractivity contribution in [3.8, 4) is 0 Å². The van der Waals surface area contributed by atoms with Gasteiger partial charge in [-0.2, -0.15) is 0 Å². The van der Waals surface area contributed by atoms with Crippen LogP contribution in [-0.4, -0.2) is 17.3 Å². The van der Waals surface area contributed by atoms with Crippen molar-refractivity contribution in [3.63, 3.8) is 0 Å². The Morgan fingerprint density at radius 1 is 1.28 bits per heavy atom. The maximum Gasteiger partial charge on any atom is 0.251 e. The van der Waals surface area contributed by atoms with Crippen molar-refractivity contribution < 1.29 is 4.79 Å². The Balaban J connectivity index is 2.74. The predicted octanol–water partition coefficient (Wildman–Crippen LogP) is 3.78. The summed E-state index contributed by atoms with van der Waals surface area (Å²) in [5.41, 5.74) is 1.73. The average molecular weight is 268 g/mol. The molecule has 18 heavy (non-hydrogen) atoms. The van der Waals surface area contributed by atoms with E-state index in [2.05, 4.69) is 19.2 Å². The van der Waals surface area contributed by atoms with E-state index in [4.69, 9.17) is 11.6 Å². The molecule has 1 aromatic carbocycles. The normalized spacial score (nSPS) is 14.0. The number of alkyl halides is 1. The van der Waals surface area contributed by atoms with E-state index >= 15 is 0 Å². The highest BCUT2D eigenvalue weighted by atomic mass is 35.5. The maximum absolute atomic E-state index is 12.1. The third-order valence-corrected chi connectivity index (χ3v) is 3.66. The molecular formula is C15H22ClNO. The van der Waals surface area contributed by atoms with E-state index < -0.39 is 0 Å². The molecule has 3 heteroatoms. The van der Waals surface area contributed by atoms with Crippen molar-refractivity contribution >= 4 is 17.5 Å².